The van der Waals surface area contributed by atoms with Crippen molar-refractivity contribution in [2.45, 2.75) is 25.0 Å². The number of carbonyl (C=O) groups excluding carboxylic acids is 1. The monoisotopic (exact) mass is 369 g/mol. The van der Waals surface area contributed by atoms with Crippen LogP contribution in [0.1, 0.15) is 29.5 Å². The van der Waals surface area contributed by atoms with Crippen LogP contribution in [0.3, 0.4) is 0 Å². The summed E-state index contributed by atoms with van der Waals surface area (Å²) < 4.78 is 6.20. The zero-order valence-electron chi connectivity index (χ0n) is 15.8. The third kappa shape index (κ3) is 2.92. The lowest BCUT2D eigenvalue weighted by atomic mass is 9.84. The van der Waals surface area contributed by atoms with Crippen molar-refractivity contribution in [2.24, 2.45) is 0 Å². The summed E-state index contributed by atoms with van der Waals surface area (Å²) >= 11 is 0. The number of nitrogens with zero attached hydrogens (tertiary/aromatic N) is 1. The van der Waals surface area contributed by atoms with Crippen molar-refractivity contribution in [1.29, 1.82) is 0 Å². The number of hydrogen-bond acceptors (Lipinski definition) is 2. The molecule has 0 atom stereocenters. The summed E-state index contributed by atoms with van der Waals surface area (Å²) in [5, 5.41) is 2.36. The molecule has 0 aliphatic carbocycles. The maximum atomic E-state index is 12.8. The van der Waals surface area contributed by atoms with Crippen LogP contribution in [0.2, 0.25) is 0 Å². The van der Waals surface area contributed by atoms with Gasteiger partial charge in [-0.05, 0) is 46.4 Å². The molecule has 28 heavy (non-hydrogen) atoms. The molecule has 0 aromatic heterocycles. The van der Waals surface area contributed by atoms with Crippen LogP contribution in [0.4, 0.5) is 0 Å². The Morgan fingerprint density at radius 3 is 2.57 bits per heavy atom. The lowest BCUT2D eigenvalue weighted by molar-refractivity contribution is -0.133. The third-order valence-electron chi connectivity index (χ3n) is 6.12. The second kappa shape index (κ2) is 6.92. The molecule has 2 aliphatic heterocycles. The van der Waals surface area contributed by atoms with E-state index in [0.717, 1.165) is 31.5 Å². The Morgan fingerprint density at radius 1 is 0.929 bits per heavy atom. The molecule has 0 saturated carbocycles. The minimum atomic E-state index is -0.202. The average molecular weight is 369 g/mol. The Hall–Kier alpha value is -2.91. The van der Waals surface area contributed by atoms with Gasteiger partial charge in [-0.1, -0.05) is 66.7 Å². The number of carbonyl (C=O) groups is 1. The van der Waals surface area contributed by atoms with Gasteiger partial charge < -0.3 is 9.64 Å². The Bertz CT molecular complexity index is 1060. The number of piperidine rings is 1. The highest BCUT2D eigenvalue weighted by atomic mass is 16.5. The van der Waals surface area contributed by atoms with Gasteiger partial charge in [-0.15, -0.1) is 0 Å². The molecule has 0 unspecified atom stereocenters. The summed E-state index contributed by atoms with van der Waals surface area (Å²) in [5.41, 5.74) is 3.48. The molecule has 3 aromatic carbocycles. The number of ether oxygens (including phenoxy) is 1. The van der Waals surface area contributed by atoms with Crippen molar-refractivity contribution in [1.82, 2.24) is 4.90 Å². The smallest absolute Gasteiger partial charge is 0.246 e. The van der Waals surface area contributed by atoms with Gasteiger partial charge in [-0.25, -0.2) is 0 Å². The number of amides is 1. The van der Waals surface area contributed by atoms with Crippen molar-refractivity contribution in [2.75, 3.05) is 13.1 Å². The standard InChI is InChI=1S/C25H23NO2/c27-24(13-12-20-9-5-8-19-6-1-3-10-22(19)20)26-16-14-25(15-17-26)23-11-4-2-7-21(23)18-28-25/h1-13H,14-18H2. The van der Waals surface area contributed by atoms with Crippen molar-refractivity contribution >= 4 is 22.8 Å². The van der Waals surface area contributed by atoms with Gasteiger partial charge in [-0.2, -0.15) is 0 Å². The lowest BCUT2D eigenvalue weighted by Gasteiger charge is -2.39. The molecule has 1 amide bonds. The molecular weight excluding hydrogens is 346 g/mol. The first-order valence-electron chi connectivity index (χ1n) is 9.92. The van der Waals surface area contributed by atoms with E-state index in [0.29, 0.717) is 6.61 Å². The first-order chi connectivity index (χ1) is 13.8. The van der Waals surface area contributed by atoms with Gasteiger partial charge in [0.2, 0.25) is 5.91 Å². The Balaban J connectivity index is 1.30. The fourth-order valence-electron chi connectivity index (χ4n) is 4.55. The number of fused-ring (bicyclic) bond motifs is 3. The fraction of sp³-hybridized carbons (Fsp3) is 0.240. The molecule has 0 bridgehead atoms. The van der Waals surface area contributed by atoms with Crippen LogP contribution in [0.5, 0.6) is 0 Å². The highest BCUT2D eigenvalue weighted by Gasteiger charge is 2.42. The second-order valence-corrected chi connectivity index (χ2v) is 7.67. The quantitative estimate of drug-likeness (QED) is 0.601. The maximum absolute atomic E-state index is 12.8. The van der Waals surface area contributed by atoms with Gasteiger partial charge in [-0.3, -0.25) is 4.79 Å². The van der Waals surface area contributed by atoms with E-state index in [-0.39, 0.29) is 11.5 Å². The van der Waals surface area contributed by atoms with Crippen molar-refractivity contribution < 1.29 is 9.53 Å². The Morgan fingerprint density at radius 2 is 1.68 bits per heavy atom. The van der Waals surface area contributed by atoms with Gasteiger partial charge in [0, 0.05) is 19.2 Å². The summed E-state index contributed by atoms with van der Waals surface area (Å²) in [7, 11) is 0. The summed E-state index contributed by atoms with van der Waals surface area (Å²) in [4.78, 5) is 14.7. The van der Waals surface area contributed by atoms with Gasteiger partial charge in [0.15, 0.2) is 0 Å². The molecule has 2 aliphatic rings. The molecule has 140 valence electrons. The minimum absolute atomic E-state index is 0.0778. The van der Waals surface area contributed by atoms with Crippen LogP contribution in [0, 0.1) is 0 Å². The van der Waals surface area contributed by atoms with Crippen molar-refractivity contribution in [3.8, 4) is 0 Å². The fourth-order valence-corrected chi connectivity index (χ4v) is 4.55. The van der Waals surface area contributed by atoms with Crippen LogP contribution in [0.15, 0.2) is 72.8 Å². The molecule has 1 saturated heterocycles. The third-order valence-corrected chi connectivity index (χ3v) is 6.12. The Labute approximate surface area is 165 Å². The van der Waals surface area contributed by atoms with Crippen molar-refractivity contribution in [3.63, 3.8) is 0 Å². The van der Waals surface area contributed by atoms with E-state index in [9.17, 15) is 4.79 Å². The molecule has 2 heterocycles. The Kier molecular flexibility index (Phi) is 4.25. The summed E-state index contributed by atoms with van der Waals surface area (Å²) in [6.07, 6.45) is 5.37. The summed E-state index contributed by atoms with van der Waals surface area (Å²) in [6, 6.07) is 22.9. The normalized spacial score (nSPS) is 18.1. The number of benzene rings is 3. The van der Waals surface area contributed by atoms with E-state index in [1.807, 2.05) is 29.2 Å². The molecule has 1 spiro atoms. The topological polar surface area (TPSA) is 29.5 Å². The average Bonchev–Trinajstić information content (AvgIpc) is 3.11. The molecule has 1 fully saturated rings. The van der Waals surface area contributed by atoms with Crippen LogP contribution in [0.25, 0.3) is 16.8 Å². The zero-order chi connectivity index (χ0) is 19.0. The van der Waals surface area contributed by atoms with Crippen molar-refractivity contribution in [3.05, 3.63) is 89.5 Å². The van der Waals surface area contributed by atoms with Gasteiger partial charge in [0.1, 0.15) is 0 Å². The van der Waals surface area contributed by atoms with E-state index < -0.39 is 0 Å². The predicted octanol–water partition coefficient (Wildman–Crippen LogP) is 4.90. The SMILES string of the molecule is O=C(C=Cc1cccc2ccccc12)N1CCC2(CC1)OCc1ccccc12. The number of hydrogen-bond donors (Lipinski definition) is 0. The summed E-state index contributed by atoms with van der Waals surface area (Å²) in [6.45, 7) is 2.14. The minimum Gasteiger partial charge on any atom is -0.365 e. The second-order valence-electron chi connectivity index (χ2n) is 7.67. The molecule has 5 rings (SSSR count). The highest BCUT2D eigenvalue weighted by Crippen LogP contribution is 2.43. The molecular formula is C25H23NO2. The largest absolute Gasteiger partial charge is 0.365 e. The molecule has 0 radical (unpaired) electrons. The van der Waals surface area contributed by atoms with E-state index in [1.54, 1.807) is 6.08 Å². The van der Waals surface area contributed by atoms with Gasteiger partial charge >= 0.3 is 0 Å². The molecule has 3 heteroatoms. The van der Waals surface area contributed by atoms with Gasteiger partial charge in [0.25, 0.3) is 0 Å². The zero-order valence-corrected chi connectivity index (χ0v) is 15.8. The first kappa shape index (κ1) is 17.2. The predicted molar refractivity (Wildman–Crippen MR) is 112 cm³/mol. The van der Waals surface area contributed by atoms with E-state index in [4.69, 9.17) is 4.74 Å². The molecule has 0 N–H and O–H groups in total. The van der Waals surface area contributed by atoms with E-state index in [2.05, 4.69) is 48.5 Å². The maximum Gasteiger partial charge on any atom is 0.246 e. The lowest BCUT2D eigenvalue weighted by Crippen LogP contribution is -2.44. The highest BCUT2D eigenvalue weighted by molar-refractivity contribution is 5.96. The van der Waals surface area contributed by atoms with E-state index >= 15 is 0 Å². The number of rotatable bonds is 2. The molecule has 3 nitrogen and oxygen atoms in total. The summed E-state index contributed by atoms with van der Waals surface area (Å²) in [5.74, 6) is 0.0778. The molecule has 3 aromatic rings. The van der Waals surface area contributed by atoms with Crippen LogP contribution in [-0.2, 0) is 21.7 Å². The van der Waals surface area contributed by atoms with Gasteiger partial charge in [0.05, 0.1) is 12.2 Å². The van der Waals surface area contributed by atoms with E-state index in [1.165, 1.54) is 21.9 Å². The van der Waals surface area contributed by atoms with Crippen LogP contribution < -0.4 is 0 Å². The van der Waals surface area contributed by atoms with Crippen LogP contribution in [-0.4, -0.2) is 23.9 Å². The first-order valence-corrected chi connectivity index (χ1v) is 9.92. The number of likely N-dealkylation sites (tertiary alicyclic amines) is 1. The van der Waals surface area contributed by atoms with Crippen LogP contribution >= 0.6 is 0 Å².